The minimum Gasteiger partial charge on any atom is -0.379 e. The van der Waals surface area contributed by atoms with Crippen LogP contribution in [0.2, 0.25) is 0 Å². The molecule has 2 aromatic rings. The molecule has 0 atom stereocenters. The molecule has 7 nitrogen and oxygen atoms in total. The minimum absolute atomic E-state index is 0.204. The van der Waals surface area contributed by atoms with E-state index in [-0.39, 0.29) is 4.90 Å². The third kappa shape index (κ3) is 3.77. The molecule has 130 valence electrons. The van der Waals surface area contributed by atoms with Gasteiger partial charge >= 0.3 is 0 Å². The molecule has 3 rings (SSSR count). The zero-order valence-corrected chi connectivity index (χ0v) is 14.5. The zero-order valence-electron chi connectivity index (χ0n) is 13.7. The van der Waals surface area contributed by atoms with Crippen LogP contribution in [0.3, 0.4) is 0 Å². The fourth-order valence-corrected chi connectivity index (χ4v) is 4.14. The Bertz CT molecular complexity index is 755. The Balaban J connectivity index is 1.84. The van der Waals surface area contributed by atoms with Crippen molar-refractivity contribution in [1.29, 1.82) is 0 Å². The highest BCUT2D eigenvalue weighted by molar-refractivity contribution is 7.92. The zero-order chi connectivity index (χ0) is 17.0. The molecule has 1 aromatic carbocycles. The Kier molecular flexibility index (Phi) is 5.17. The van der Waals surface area contributed by atoms with Crippen LogP contribution in [0.25, 0.3) is 0 Å². The van der Waals surface area contributed by atoms with E-state index in [4.69, 9.17) is 4.74 Å². The molecule has 8 heteroatoms. The van der Waals surface area contributed by atoms with E-state index in [1.807, 2.05) is 30.3 Å². The molecule has 1 fully saturated rings. The number of nitrogens with zero attached hydrogens (tertiary/aromatic N) is 4. The van der Waals surface area contributed by atoms with Gasteiger partial charge in [-0.15, -0.1) is 0 Å². The summed E-state index contributed by atoms with van der Waals surface area (Å²) in [5.41, 5.74) is 0.662. The first kappa shape index (κ1) is 16.9. The van der Waals surface area contributed by atoms with Crippen LogP contribution < -0.4 is 4.31 Å². The van der Waals surface area contributed by atoms with Crippen molar-refractivity contribution >= 4 is 15.7 Å². The van der Waals surface area contributed by atoms with Gasteiger partial charge in [0, 0.05) is 39.4 Å². The summed E-state index contributed by atoms with van der Waals surface area (Å²) in [5.74, 6) is 0. The Hall–Kier alpha value is -1.90. The Labute approximate surface area is 142 Å². The first-order chi connectivity index (χ1) is 11.6. The molecule has 0 saturated carbocycles. The van der Waals surface area contributed by atoms with Crippen LogP contribution in [0.4, 0.5) is 5.69 Å². The molecule has 0 amide bonds. The molecule has 0 spiro atoms. The van der Waals surface area contributed by atoms with Crippen LogP contribution in [-0.4, -0.2) is 62.5 Å². The van der Waals surface area contributed by atoms with Crippen LogP contribution in [0, 0.1) is 0 Å². The summed E-state index contributed by atoms with van der Waals surface area (Å²) in [4.78, 5) is 2.42. The van der Waals surface area contributed by atoms with Gasteiger partial charge in [0.15, 0.2) is 0 Å². The fourth-order valence-electron chi connectivity index (χ4n) is 2.70. The number of hydrogen-bond donors (Lipinski definition) is 0. The summed E-state index contributed by atoms with van der Waals surface area (Å²) >= 11 is 0. The monoisotopic (exact) mass is 350 g/mol. The number of aromatic nitrogens is 2. The Morgan fingerprint density at radius 1 is 1.21 bits per heavy atom. The highest BCUT2D eigenvalue weighted by atomic mass is 32.2. The first-order valence-corrected chi connectivity index (χ1v) is 9.38. The van der Waals surface area contributed by atoms with E-state index in [9.17, 15) is 8.42 Å². The molecule has 0 N–H and O–H groups in total. The van der Waals surface area contributed by atoms with E-state index in [1.54, 1.807) is 7.05 Å². The van der Waals surface area contributed by atoms with Gasteiger partial charge in [0.2, 0.25) is 0 Å². The standard InChI is InChI=1S/C16H22N4O3S/c1-18-14-16(13-17-18)24(21,22)20(15-5-3-2-4-6-15)8-7-19-9-11-23-12-10-19/h2-6,13-14H,7-12H2,1H3. The van der Waals surface area contributed by atoms with Crippen LogP contribution in [0.15, 0.2) is 47.6 Å². The van der Waals surface area contributed by atoms with Crippen molar-refractivity contribution < 1.29 is 13.2 Å². The van der Waals surface area contributed by atoms with Crippen molar-refractivity contribution in [3.8, 4) is 0 Å². The molecule has 2 heterocycles. The van der Waals surface area contributed by atoms with Crippen molar-refractivity contribution in [2.24, 2.45) is 7.05 Å². The summed E-state index contributed by atoms with van der Waals surface area (Å²) < 4.78 is 34.4. The summed E-state index contributed by atoms with van der Waals surface area (Å²) in [6, 6.07) is 9.19. The molecule has 0 bridgehead atoms. The van der Waals surface area contributed by atoms with Gasteiger partial charge in [-0.1, -0.05) is 18.2 Å². The number of anilines is 1. The predicted molar refractivity (Wildman–Crippen MR) is 91.4 cm³/mol. The molecular weight excluding hydrogens is 328 g/mol. The quantitative estimate of drug-likeness (QED) is 0.776. The van der Waals surface area contributed by atoms with Crippen LogP contribution >= 0.6 is 0 Å². The fraction of sp³-hybridized carbons (Fsp3) is 0.438. The van der Waals surface area contributed by atoms with E-state index < -0.39 is 10.0 Å². The summed E-state index contributed by atoms with van der Waals surface area (Å²) in [5, 5.41) is 3.99. The van der Waals surface area contributed by atoms with Gasteiger partial charge in [0.1, 0.15) is 4.90 Å². The van der Waals surface area contributed by atoms with E-state index in [0.29, 0.717) is 32.0 Å². The summed E-state index contributed by atoms with van der Waals surface area (Å²) in [7, 11) is -1.93. The van der Waals surface area contributed by atoms with E-state index >= 15 is 0 Å². The highest BCUT2D eigenvalue weighted by Gasteiger charge is 2.27. The van der Waals surface area contributed by atoms with Gasteiger partial charge in [-0.05, 0) is 12.1 Å². The van der Waals surface area contributed by atoms with Crippen LogP contribution in [0.5, 0.6) is 0 Å². The topological polar surface area (TPSA) is 67.7 Å². The van der Waals surface area contributed by atoms with Gasteiger partial charge in [0.25, 0.3) is 10.0 Å². The lowest BCUT2D eigenvalue weighted by Gasteiger charge is -2.30. The SMILES string of the molecule is Cn1cc(S(=O)(=O)N(CCN2CCOCC2)c2ccccc2)cn1. The van der Waals surface area contributed by atoms with Crippen LogP contribution in [0.1, 0.15) is 0 Å². The van der Waals surface area contributed by atoms with Crippen molar-refractivity contribution in [2.45, 2.75) is 4.90 Å². The third-order valence-electron chi connectivity index (χ3n) is 4.04. The van der Waals surface area contributed by atoms with Crippen LogP contribution in [-0.2, 0) is 21.8 Å². The number of aryl methyl sites for hydroxylation is 1. The van der Waals surface area contributed by atoms with Crippen molar-refractivity contribution in [2.75, 3.05) is 43.7 Å². The lowest BCUT2D eigenvalue weighted by molar-refractivity contribution is 0.0395. The molecule has 1 aliphatic rings. The lowest BCUT2D eigenvalue weighted by Crippen LogP contribution is -2.43. The van der Waals surface area contributed by atoms with Crippen molar-refractivity contribution in [1.82, 2.24) is 14.7 Å². The number of sulfonamides is 1. The lowest BCUT2D eigenvalue weighted by atomic mass is 10.3. The number of morpholine rings is 1. The van der Waals surface area contributed by atoms with Gasteiger partial charge in [-0.25, -0.2) is 8.42 Å². The molecule has 0 aliphatic carbocycles. The maximum atomic E-state index is 13.0. The number of ether oxygens (including phenoxy) is 1. The van der Waals surface area contributed by atoms with Gasteiger partial charge in [-0.3, -0.25) is 13.9 Å². The third-order valence-corrected chi connectivity index (χ3v) is 5.82. The summed E-state index contributed by atoms with van der Waals surface area (Å²) in [6.45, 7) is 4.10. The average molecular weight is 350 g/mol. The molecule has 0 unspecified atom stereocenters. The smallest absolute Gasteiger partial charge is 0.267 e. The van der Waals surface area contributed by atoms with Gasteiger partial charge in [-0.2, -0.15) is 5.10 Å². The Morgan fingerprint density at radius 2 is 1.92 bits per heavy atom. The second kappa shape index (κ2) is 7.33. The van der Waals surface area contributed by atoms with Crippen molar-refractivity contribution in [3.63, 3.8) is 0 Å². The van der Waals surface area contributed by atoms with Gasteiger partial charge in [0.05, 0.1) is 25.1 Å². The first-order valence-electron chi connectivity index (χ1n) is 7.94. The predicted octanol–water partition coefficient (Wildman–Crippen LogP) is 0.948. The summed E-state index contributed by atoms with van der Waals surface area (Å²) in [6.07, 6.45) is 2.92. The number of para-hydroxylation sites is 1. The number of benzene rings is 1. The molecule has 24 heavy (non-hydrogen) atoms. The average Bonchev–Trinajstić information content (AvgIpc) is 3.04. The van der Waals surface area contributed by atoms with E-state index in [2.05, 4.69) is 10.00 Å². The van der Waals surface area contributed by atoms with Crippen molar-refractivity contribution in [3.05, 3.63) is 42.7 Å². The largest absolute Gasteiger partial charge is 0.379 e. The van der Waals surface area contributed by atoms with E-state index in [0.717, 1.165) is 13.1 Å². The molecule has 1 saturated heterocycles. The number of hydrogen-bond acceptors (Lipinski definition) is 5. The normalized spacial score (nSPS) is 16.2. The maximum absolute atomic E-state index is 13.0. The molecule has 1 aliphatic heterocycles. The second-order valence-corrected chi connectivity index (χ2v) is 7.58. The number of rotatable bonds is 6. The molecule has 1 aromatic heterocycles. The Morgan fingerprint density at radius 3 is 2.54 bits per heavy atom. The maximum Gasteiger partial charge on any atom is 0.267 e. The van der Waals surface area contributed by atoms with Gasteiger partial charge < -0.3 is 4.74 Å². The second-order valence-electron chi connectivity index (χ2n) is 5.72. The molecule has 0 radical (unpaired) electrons. The minimum atomic E-state index is -3.64. The van der Waals surface area contributed by atoms with E-state index in [1.165, 1.54) is 21.4 Å². The highest BCUT2D eigenvalue weighted by Crippen LogP contribution is 2.23. The molecular formula is C16H22N4O3S.